The number of amides is 2. The van der Waals surface area contributed by atoms with Gasteiger partial charge in [0.15, 0.2) is 0 Å². The van der Waals surface area contributed by atoms with Gasteiger partial charge in [-0.3, -0.25) is 14.3 Å². The van der Waals surface area contributed by atoms with Gasteiger partial charge in [0, 0.05) is 5.69 Å². The highest BCUT2D eigenvalue weighted by atomic mass is 16.2. The zero-order chi connectivity index (χ0) is 16.9. The number of hydrogen-bond acceptors (Lipinski definition) is 3. The molecule has 0 spiro atoms. The minimum atomic E-state index is -0.545. The van der Waals surface area contributed by atoms with Gasteiger partial charge in [-0.2, -0.15) is 5.10 Å². The molecule has 3 rings (SSSR count). The van der Waals surface area contributed by atoms with E-state index in [-0.39, 0.29) is 18.2 Å². The summed E-state index contributed by atoms with van der Waals surface area (Å²) < 4.78 is 1.68. The van der Waals surface area contributed by atoms with Crippen LogP contribution in [0.15, 0.2) is 18.2 Å². The summed E-state index contributed by atoms with van der Waals surface area (Å²) in [7, 11) is 0. The molecule has 0 unspecified atom stereocenters. The third kappa shape index (κ3) is 2.46. The van der Waals surface area contributed by atoms with Crippen LogP contribution in [0, 0.1) is 34.6 Å². The Hall–Kier alpha value is -2.43. The number of hydrogen-bond donors (Lipinski definition) is 0. The fourth-order valence-corrected chi connectivity index (χ4v) is 3.53. The van der Waals surface area contributed by atoms with Gasteiger partial charge in [-0.15, -0.1) is 0 Å². The van der Waals surface area contributed by atoms with Gasteiger partial charge in [-0.05, 0) is 51.8 Å². The van der Waals surface area contributed by atoms with Crippen LogP contribution in [0.2, 0.25) is 0 Å². The Morgan fingerprint density at radius 2 is 1.61 bits per heavy atom. The van der Waals surface area contributed by atoms with Gasteiger partial charge in [0.1, 0.15) is 6.04 Å². The van der Waals surface area contributed by atoms with E-state index < -0.39 is 6.04 Å². The normalized spacial score (nSPS) is 18.1. The van der Waals surface area contributed by atoms with Crippen LogP contribution in [-0.4, -0.2) is 21.6 Å². The Kier molecular flexibility index (Phi) is 3.59. The monoisotopic (exact) mass is 311 g/mol. The summed E-state index contributed by atoms with van der Waals surface area (Å²) in [5, 5.41) is 4.38. The summed E-state index contributed by atoms with van der Waals surface area (Å²) >= 11 is 0. The average Bonchev–Trinajstić information content (AvgIpc) is 2.90. The molecule has 0 N–H and O–H groups in total. The molecule has 120 valence electrons. The second-order valence-corrected chi connectivity index (χ2v) is 6.41. The summed E-state index contributed by atoms with van der Waals surface area (Å²) in [6.45, 7) is 9.68. The van der Waals surface area contributed by atoms with Crippen molar-refractivity contribution in [3.8, 4) is 0 Å². The van der Waals surface area contributed by atoms with Gasteiger partial charge >= 0.3 is 0 Å². The molecule has 0 bridgehead atoms. The van der Waals surface area contributed by atoms with Crippen molar-refractivity contribution in [3.05, 3.63) is 46.3 Å². The zero-order valence-electron chi connectivity index (χ0n) is 14.2. The van der Waals surface area contributed by atoms with E-state index in [1.165, 1.54) is 4.90 Å². The van der Waals surface area contributed by atoms with Crippen LogP contribution < -0.4 is 4.90 Å². The van der Waals surface area contributed by atoms with Crippen LogP contribution in [-0.2, 0) is 9.59 Å². The quantitative estimate of drug-likeness (QED) is 0.801. The van der Waals surface area contributed by atoms with E-state index in [9.17, 15) is 9.59 Å². The molecule has 1 saturated heterocycles. The van der Waals surface area contributed by atoms with Crippen molar-refractivity contribution in [2.75, 3.05) is 4.90 Å². The van der Waals surface area contributed by atoms with Crippen LogP contribution >= 0.6 is 0 Å². The molecular formula is C18H21N3O2. The largest absolute Gasteiger partial charge is 0.274 e. The van der Waals surface area contributed by atoms with Crippen LogP contribution in [0.5, 0.6) is 0 Å². The number of aryl methyl sites for hydroxylation is 5. The summed E-state index contributed by atoms with van der Waals surface area (Å²) in [5.41, 5.74) is 5.47. The number of nitrogens with zero attached hydrogens (tertiary/aromatic N) is 3. The van der Waals surface area contributed by atoms with Gasteiger partial charge < -0.3 is 0 Å². The maximum atomic E-state index is 12.9. The molecule has 1 aliphatic heterocycles. The molecule has 1 aromatic carbocycles. The molecule has 2 heterocycles. The van der Waals surface area contributed by atoms with E-state index in [0.29, 0.717) is 0 Å². The minimum absolute atomic E-state index is 0.160. The number of benzene rings is 1. The summed E-state index contributed by atoms with van der Waals surface area (Å²) in [6.07, 6.45) is 0.160. The Labute approximate surface area is 135 Å². The summed E-state index contributed by atoms with van der Waals surface area (Å²) in [4.78, 5) is 26.8. The second-order valence-electron chi connectivity index (χ2n) is 6.41. The van der Waals surface area contributed by atoms with Crippen molar-refractivity contribution in [1.82, 2.24) is 9.78 Å². The molecule has 23 heavy (non-hydrogen) atoms. The molecule has 2 aromatic rings. The summed E-state index contributed by atoms with van der Waals surface area (Å²) in [5.74, 6) is -0.362. The van der Waals surface area contributed by atoms with Crippen molar-refractivity contribution in [1.29, 1.82) is 0 Å². The number of aromatic nitrogens is 2. The standard InChI is InChI=1S/C18H21N3O2/c1-10-6-11(2)17(12(3)7-10)20-16(22)9-15(18(20)23)21-14(5)8-13(4)19-21/h6-8,15H,9H2,1-5H3/t15-/m0/s1. The van der Waals surface area contributed by atoms with Crippen LogP contribution in [0.4, 0.5) is 5.69 Å². The molecule has 1 atom stereocenters. The molecule has 5 heteroatoms. The summed E-state index contributed by atoms with van der Waals surface area (Å²) in [6, 6.07) is 5.37. The molecule has 0 radical (unpaired) electrons. The Bertz CT molecular complexity index is 797. The molecule has 1 aromatic heterocycles. The smallest absolute Gasteiger partial charge is 0.259 e. The van der Waals surface area contributed by atoms with Crippen molar-refractivity contribution in [3.63, 3.8) is 0 Å². The van der Waals surface area contributed by atoms with Crippen LogP contribution in [0.25, 0.3) is 0 Å². The lowest BCUT2D eigenvalue weighted by Gasteiger charge is -2.21. The Morgan fingerprint density at radius 3 is 2.13 bits per heavy atom. The third-order valence-corrected chi connectivity index (χ3v) is 4.32. The lowest BCUT2D eigenvalue weighted by molar-refractivity contribution is -0.122. The predicted molar refractivity (Wildman–Crippen MR) is 88.5 cm³/mol. The van der Waals surface area contributed by atoms with Gasteiger partial charge in [0.25, 0.3) is 5.91 Å². The number of carbonyl (C=O) groups is 2. The first-order valence-electron chi connectivity index (χ1n) is 7.77. The number of imide groups is 1. The van der Waals surface area contributed by atoms with E-state index in [1.54, 1.807) is 4.68 Å². The minimum Gasteiger partial charge on any atom is -0.274 e. The van der Waals surface area contributed by atoms with Gasteiger partial charge in [-0.1, -0.05) is 17.7 Å². The first-order valence-corrected chi connectivity index (χ1v) is 7.77. The number of anilines is 1. The highest BCUT2D eigenvalue weighted by Gasteiger charge is 2.42. The van der Waals surface area contributed by atoms with Crippen LogP contribution in [0.1, 0.15) is 40.5 Å². The maximum Gasteiger partial charge on any atom is 0.259 e. The number of carbonyl (C=O) groups excluding carboxylic acids is 2. The van der Waals surface area contributed by atoms with Crippen molar-refractivity contribution >= 4 is 17.5 Å². The second kappa shape index (κ2) is 5.33. The van der Waals surface area contributed by atoms with E-state index in [2.05, 4.69) is 5.10 Å². The Balaban J connectivity index is 2.05. The lowest BCUT2D eigenvalue weighted by atomic mass is 10.0. The van der Waals surface area contributed by atoms with Crippen molar-refractivity contribution < 1.29 is 9.59 Å². The average molecular weight is 311 g/mol. The number of rotatable bonds is 2. The lowest BCUT2D eigenvalue weighted by Crippen LogP contribution is -2.32. The highest BCUT2D eigenvalue weighted by molar-refractivity contribution is 6.22. The fraction of sp³-hybridized carbons (Fsp3) is 0.389. The predicted octanol–water partition coefficient (Wildman–Crippen LogP) is 2.93. The third-order valence-electron chi connectivity index (χ3n) is 4.32. The van der Waals surface area contributed by atoms with Crippen molar-refractivity contribution in [2.45, 2.75) is 47.1 Å². The SMILES string of the molecule is Cc1cc(C)c(N2C(=O)C[C@H](n3nc(C)cc3C)C2=O)c(C)c1. The zero-order valence-corrected chi connectivity index (χ0v) is 14.2. The fourth-order valence-electron chi connectivity index (χ4n) is 3.53. The molecular weight excluding hydrogens is 290 g/mol. The highest BCUT2D eigenvalue weighted by Crippen LogP contribution is 2.34. The molecule has 0 saturated carbocycles. The maximum absolute atomic E-state index is 12.9. The topological polar surface area (TPSA) is 55.2 Å². The van der Waals surface area contributed by atoms with Crippen molar-refractivity contribution in [2.24, 2.45) is 0 Å². The molecule has 1 fully saturated rings. The van der Waals surface area contributed by atoms with Gasteiger partial charge in [0.2, 0.25) is 5.91 Å². The molecule has 1 aliphatic rings. The first-order chi connectivity index (χ1) is 10.8. The molecule has 2 amide bonds. The van der Waals surface area contributed by atoms with Gasteiger partial charge in [0.05, 0.1) is 17.8 Å². The Morgan fingerprint density at radius 1 is 1.00 bits per heavy atom. The van der Waals surface area contributed by atoms with Crippen LogP contribution in [0.3, 0.4) is 0 Å². The van der Waals surface area contributed by atoms with E-state index in [4.69, 9.17) is 0 Å². The first kappa shape index (κ1) is 15.5. The van der Waals surface area contributed by atoms with E-state index >= 15 is 0 Å². The molecule has 0 aliphatic carbocycles. The van der Waals surface area contributed by atoms with E-state index in [1.807, 2.05) is 52.8 Å². The molecule has 5 nitrogen and oxygen atoms in total. The van der Waals surface area contributed by atoms with Gasteiger partial charge in [-0.25, -0.2) is 4.90 Å². The van der Waals surface area contributed by atoms with E-state index in [0.717, 1.165) is 33.8 Å².